The average molecular weight is 284 g/mol. The molecule has 3 nitrogen and oxygen atoms in total. The molecular formula is C18H24N2O. The molecule has 2 atom stereocenters. The fraction of sp³-hybridized carbons (Fsp3) is 0.389. The van der Waals surface area contributed by atoms with Crippen molar-refractivity contribution in [2.45, 2.75) is 38.8 Å². The van der Waals surface area contributed by atoms with E-state index >= 15 is 0 Å². The second-order valence-electron chi connectivity index (χ2n) is 5.35. The van der Waals surface area contributed by atoms with Crippen molar-refractivity contribution in [1.29, 1.82) is 0 Å². The van der Waals surface area contributed by atoms with Crippen LogP contribution in [0.15, 0.2) is 48.7 Å². The third kappa shape index (κ3) is 4.66. The molecule has 1 heterocycles. The summed E-state index contributed by atoms with van der Waals surface area (Å²) in [5.41, 5.74) is 9.67. The summed E-state index contributed by atoms with van der Waals surface area (Å²) in [6.07, 6.45) is 3.45. The summed E-state index contributed by atoms with van der Waals surface area (Å²) in [6.45, 7) is 4.80. The lowest BCUT2D eigenvalue weighted by Gasteiger charge is -2.24. The van der Waals surface area contributed by atoms with E-state index in [2.05, 4.69) is 43.1 Å². The first-order valence-corrected chi connectivity index (χ1v) is 7.54. The van der Waals surface area contributed by atoms with E-state index in [1.807, 2.05) is 24.4 Å². The fourth-order valence-corrected chi connectivity index (χ4v) is 2.27. The zero-order chi connectivity index (χ0) is 15.1. The Labute approximate surface area is 127 Å². The molecule has 0 spiro atoms. The van der Waals surface area contributed by atoms with Crippen molar-refractivity contribution in [1.82, 2.24) is 4.98 Å². The van der Waals surface area contributed by atoms with Gasteiger partial charge in [0.1, 0.15) is 0 Å². The molecule has 1 aromatic carbocycles. The van der Waals surface area contributed by atoms with Gasteiger partial charge in [-0.1, -0.05) is 42.8 Å². The molecule has 21 heavy (non-hydrogen) atoms. The minimum Gasteiger partial charge on any atom is -0.371 e. The largest absolute Gasteiger partial charge is 0.371 e. The van der Waals surface area contributed by atoms with E-state index < -0.39 is 0 Å². The van der Waals surface area contributed by atoms with Gasteiger partial charge in [0, 0.05) is 24.4 Å². The highest BCUT2D eigenvalue weighted by molar-refractivity contribution is 5.24. The summed E-state index contributed by atoms with van der Waals surface area (Å²) in [7, 11) is 0. The van der Waals surface area contributed by atoms with Gasteiger partial charge in [-0.05, 0) is 31.0 Å². The maximum Gasteiger partial charge on any atom is 0.0975 e. The molecular weight excluding hydrogens is 260 g/mol. The number of rotatable bonds is 7. The molecule has 0 bridgehead atoms. The Bertz CT molecular complexity index is 525. The van der Waals surface area contributed by atoms with Crippen molar-refractivity contribution >= 4 is 0 Å². The minimum absolute atomic E-state index is 0.0106. The molecule has 2 unspecified atom stereocenters. The van der Waals surface area contributed by atoms with Crippen LogP contribution in [0, 0.1) is 6.92 Å². The summed E-state index contributed by atoms with van der Waals surface area (Å²) in [5.74, 6) is 0. The highest BCUT2D eigenvalue weighted by Crippen LogP contribution is 2.22. The van der Waals surface area contributed by atoms with Crippen molar-refractivity contribution < 1.29 is 4.74 Å². The number of nitrogens with zero attached hydrogens (tertiary/aromatic N) is 1. The Balaban J connectivity index is 1.98. The summed E-state index contributed by atoms with van der Waals surface area (Å²) in [4.78, 5) is 4.31. The summed E-state index contributed by atoms with van der Waals surface area (Å²) in [5, 5.41) is 0. The maximum absolute atomic E-state index is 6.23. The minimum atomic E-state index is -0.0562. The van der Waals surface area contributed by atoms with Gasteiger partial charge in [-0.2, -0.15) is 0 Å². The van der Waals surface area contributed by atoms with Gasteiger partial charge in [-0.25, -0.2) is 0 Å². The molecule has 2 N–H and O–H groups in total. The lowest BCUT2D eigenvalue weighted by molar-refractivity contribution is 0.0351. The van der Waals surface area contributed by atoms with Crippen LogP contribution in [-0.2, 0) is 11.2 Å². The number of pyridine rings is 1. The first kappa shape index (κ1) is 15.7. The van der Waals surface area contributed by atoms with Crippen molar-refractivity contribution in [2.75, 3.05) is 6.61 Å². The Morgan fingerprint density at radius 3 is 2.52 bits per heavy atom. The topological polar surface area (TPSA) is 48.1 Å². The summed E-state index contributed by atoms with van der Waals surface area (Å²) < 4.78 is 6.06. The normalized spacial score (nSPS) is 13.9. The first-order chi connectivity index (χ1) is 10.2. The first-order valence-electron chi connectivity index (χ1n) is 7.54. The molecule has 112 valence electrons. The Morgan fingerprint density at radius 2 is 1.90 bits per heavy atom. The monoisotopic (exact) mass is 284 g/mol. The Kier molecular flexibility index (Phi) is 5.90. The number of aromatic nitrogens is 1. The predicted octanol–water partition coefficient (Wildman–Crippen LogP) is 3.43. The molecule has 0 radical (unpaired) electrons. The second kappa shape index (κ2) is 7.91. The highest BCUT2D eigenvalue weighted by atomic mass is 16.5. The molecule has 0 aliphatic rings. The molecule has 0 saturated carbocycles. The molecule has 0 aliphatic heterocycles. The van der Waals surface area contributed by atoms with Crippen LogP contribution >= 0.6 is 0 Å². The maximum atomic E-state index is 6.23. The van der Waals surface area contributed by atoms with Crippen LogP contribution in [0.3, 0.4) is 0 Å². The molecule has 2 aromatic rings. The van der Waals surface area contributed by atoms with Crippen LogP contribution < -0.4 is 5.73 Å². The smallest absolute Gasteiger partial charge is 0.0975 e. The molecule has 1 aromatic heterocycles. The van der Waals surface area contributed by atoms with Gasteiger partial charge in [0.05, 0.1) is 12.7 Å². The van der Waals surface area contributed by atoms with E-state index in [0.29, 0.717) is 6.61 Å². The van der Waals surface area contributed by atoms with Crippen LogP contribution in [0.4, 0.5) is 0 Å². The number of hydrogen-bond donors (Lipinski definition) is 1. The van der Waals surface area contributed by atoms with Crippen molar-refractivity contribution in [3.63, 3.8) is 0 Å². The molecule has 2 rings (SSSR count). The van der Waals surface area contributed by atoms with Crippen molar-refractivity contribution in [3.05, 3.63) is 65.5 Å². The van der Waals surface area contributed by atoms with Crippen molar-refractivity contribution in [3.8, 4) is 0 Å². The number of ether oxygens (including phenoxy) is 1. The van der Waals surface area contributed by atoms with Crippen LogP contribution in [0.1, 0.15) is 36.3 Å². The zero-order valence-electron chi connectivity index (χ0n) is 12.8. The van der Waals surface area contributed by atoms with E-state index in [4.69, 9.17) is 10.5 Å². The van der Waals surface area contributed by atoms with Gasteiger partial charge in [-0.15, -0.1) is 0 Å². The lowest BCUT2D eigenvalue weighted by atomic mass is 10.00. The average Bonchev–Trinajstić information content (AvgIpc) is 2.53. The number of nitrogens with two attached hydrogens (primary N) is 1. The number of aryl methyl sites for hydroxylation is 1. The van der Waals surface area contributed by atoms with Gasteiger partial charge in [0.2, 0.25) is 0 Å². The molecule has 0 fully saturated rings. The van der Waals surface area contributed by atoms with Crippen LogP contribution in [0.2, 0.25) is 0 Å². The van der Waals surface area contributed by atoms with Gasteiger partial charge < -0.3 is 10.5 Å². The van der Waals surface area contributed by atoms with Gasteiger partial charge in [0.25, 0.3) is 0 Å². The third-order valence-electron chi connectivity index (χ3n) is 3.65. The fourth-order valence-electron chi connectivity index (χ4n) is 2.27. The third-order valence-corrected chi connectivity index (χ3v) is 3.65. The Morgan fingerprint density at radius 1 is 1.14 bits per heavy atom. The summed E-state index contributed by atoms with van der Waals surface area (Å²) >= 11 is 0. The van der Waals surface area contributed by atoms with Gasteiger partial charge in [0.15, 0.2) is 0 Å². The van der Waals surface area contributed by atoms with E-state index in [0.717, 1.165) is 24.1 Å². The van der Waals surface area contributed by atoms with E-state index in [1.165, 1.54) is 5.56 Å². The van der Waals surface area contributed by atoms with Crippen LogP contribution in [-0.4, -0.2) is 17.6 Å². The van der Waals surface area contributed by atoms with E-state index in [-0.39, 0.29) is 12.1 Å². The Hall–Kier alpha value is -1.71. The molecule has 0 amide bonds. The van der Waals surface area contributed by atoms with Crippen molar-refractivity contribution in [2.24, 2.45) is 5.73 Å². The number of hydrogen-bond acceptors (Lipinski definition) is 3. The lowest BCUT2D eigenvalue weighted by Crippen LogP contribution is -2.30. The standard InChI is InChI=1S/C18H24N2O/c1-3-17(19)18(15-9-7-14(2)8-10-15)21-13-11-16-6-4-5-12-20-16/h4-10,12,17-18H,3,11,13,19H2,1-2H3. The zero-order valence-corrected chi connectivity index (χ0v) is 12.8. The van der Waals surface area contributed by atoms with Crippen LogP contribution in [0.5, 0.6) is 0 Å². The molecule has 0 aliphatic carbocycles. The van der Waals surface area contributed by atoms with Gasteiger partial charge >= 0.3 is 0 Å². The SMILES string of the molecule is CCC(N)C(OCCc1ccccn1)c1ccc(C)cc1. The molecule has 3 heteroatoms. The van der Waals surface area contributed by atoms with E-state index in [9.17, 15) is 0 Å². The predicted molar refractivity (Wildman–Crippen MR) is 86.1 cm³/mol. The molecule has 0 saturated heterocycles. The van der Waals surface area contributed by atoms with E-state index in [1.54, 1.807) is 0 Å². The second-order valence-corrected chi connectivity index (χ2v) is 5.35. The summed E-state index contributed by atoms with van der Waals surface area (Å²) in [6, 6.07) is 14.4. The quantitative estimate of drug-likeness (QED) is 0.847. The van der Waals surface area contributed by atoms with Gasteiger partial charge in [-0.3, -0.25) is 4.98 Å². The number of benzene rings is 1. The van der Waals surface area contributed by atoms with Crippen LogP contribution in [0.25, 0.3) is 0 Å². The highest BCUT2D eigenvalue weighted by Gasteiger charge is 2.19.